The monoisotopic (exact) mass is 473 g/mol. The van der Waals surface area contributed by atoms with Crippen molar-refractivity contribution in [3.05, 3.63) is 63.4 Å². The van der Waals surface area contributed by atoms with E-state index in [1.54, 1.807) is 40.1 Å². The summed E-state index contributed by atoms with van der Waals surface area (Å²) in [4.78, 5) is 47.7. The number of piperazine rings is 1. The Labute approximate surface area is 194 Å². The second-order valence-electron chi connectivity index (χ2n) is 7.52. The van der Waals surface area contributed by atoms with E-state index in [-0.39, 0.29) is 29.3 Å². The fourth-order valence-corrected chi connectivity index (χ4v) is 4.04. The van der Waals surface area contributed by atoms with Gasteiger partial charge < -0.3 is 20.1 Å². The molecule has 1 aromatic heterocycles. The van der Waals surface area contributed by atoms with Crippen molar-refractivity contribution in [2.24, 2.45) is 0 Å². The van der Waals surface area contributed by atoms with Crippen LogP contribution in [-0.4, -0.2) is 63.7 Å². The number of aromatic amines is 1. The zero-order valence-electron chi connectivity index (χ0n) is 17.3. The Morgan fingerprint density at radius 3 is 2.44 bits per heavy atom. The number of halogens is 2. The van der Waals surface area contributed by atoms with Crippen molar-refractivity contribution in [1.29, 1.82) is 0 Å². The Morgan fingerprint density at radius 2 is 1.75 bits per heavy atom. The van der Waals surface area contributed by atoms with Crippen molar-refractivity contribution < 1.29 is 14.4 Å². The number of hydrogen-bond acceptors (Lipinski definition) is 4. The summed E-state index contributed by atoms with van der Waals surface area (Å²) in [5.41, 5.74) is 2.21. The first-order valence-electron chi connectivity index (χ1n) is 10.1. The van der Waals surface area contributed by atoms with Gasteiger partial charge in [-0.2, -0.15) is 0 Å². The van der Waals surface area contributed by atoms with Crippen molar-refractivity contribution >= 4 is 52.0 Å². The molecule has 2 heterocycles. The molecule has 3 amide bonds. The van der Waals surface area contributed by atoms with Gasteiger partial charge in [-0.25, -0.2) is 4.98 Å². The Morgan fingerprint density at radius 1 is 1.03 bits per heavy atom. The van der Waals surface area contributed by atoms with Crippen LogP contribution in [0.15, 0.2) is 36.4 Å². The number of nitrogens with one attached hydrogen (secondary N) is 2. The maximum absolute atomic E-state index is 12.8. The molecule has 1 aliphatic rings. The average Bonchev–Trinajstić information content (AvgIpc) is 3.19. The molecule has 1 fully saturated rings. The molecule has 0 atom stereocenters. The van der Waals surface area contributed by atoms with Crippen LogP contribution in [0.25, 0.3) is 11.0 Å². The summed E-state index contributed by atoms with van der Waals surface area (Å²) >= 11 is 12.3. The highest BCUT2D eigenvalue weighted by atomic mass is 35.5. The molecule has 2 aromatic carbocycles. The molecule has 4 rings (SSSR count). The van der Waals surface area contributed by atoms with Crippen LogP contribution in [0.5, 0.6) is 0 Å². The summed E-state index contributed by atoms with van der Waals surface area (Å²) in [6.07, 6.45) is 0. The third-order valence-electron chi connectivity index (χ3n) is 5.38. The first-order chi connectivity index (χ1) is 15.3. The van der Waals surface area contributed by atoms with Crippen LogP contribution in [0.3, 0.4) is 0 Å². The number of rotatable bonds is 4. The molecule has 2 N–H and O–H groups in total. The van der Waals surface area contributed by atoms with Gasteiger partial charge in [-0.1, -0.05) is 23.2 Å². The minimum Gasteiger partial charge on any atom is -0.345 e. The fraction of sp³-hybridized carbons (Fsp3) is 0.273. The van der Waals surface area contributed by atoms with Crippen molar-refractivity contribution in [3.63, 3.8) is 0 Å². The molecule has 0 radical (unpaired) electrons. The summed E-state index contributed by atoms with van der Waals surface area (Å²) in [6.45, 7) is 3.59. The highest BCUT2D eigenvalue weighted by Crippen LogP contribution is 2.21. The Kier molecular flexibility index (Phi) is 6.34. The second kappa shape index (κ2) is 9.18. The topological polar surface area (TPSA) is 98.4 Å². The van der Waals surface area contributed by atoms with E-state index in [1.165, 1.54) is 13.0 Å². The summed E-state index contributed by atoms with van der Waals surface area (Å²) in [5, 5.41) is 3.59. The molecule has 3 aromatic rings. The number of H-pyrrole nitrogens is 1. The lowest BCUT2D eigenvalue weighted by molar-refractivity contribution is -0.130. The number of amides is 3. The number of fused-ring (bicyclic) bond motifs is 1. The van der Waals surface area contributed by atoms with Crippen LogP contribution in [0.4, 0.5) is 0 Å². The lowest BCUT2D eigenvalue weighted by atomic mass is 10.1. The molecule has 0 unspecified atom stereocenters. The molecule has 0 spiro atoms. The first kappa shape index (κ1) is 22.1. The van der Waals surface area contributed by atoms with Gasteiger partial charge in [0.15, 0.2) is 0 Å². The maximum atomic E-state index is 12.8. The molecule has 0 saturated carbocycles. The molecule has 10 heteroatoms. The zero-order valence-corrected chi connectivity index (χ0v) is 18.8. The van der Waals surface area contributed by atoms with Gasteiger partial charge in [-0.3, -0.25) is 14.4 Å². The van der Waals surface area contributed by atoms with Crippen LogP contribution in [-0.2, 0) is 11.3 Å². The summed E-state index contributed by atoms with van der Waals surface area (Å²) in [5.74, 6) is 0.0423. The van der Waals surface area contributed by atoms with E-state index in [1.807, 2.05) is 0 Å². The van der Waals surface area contributed by atoms with Crippen LogP contribution < -0.4 is 5.32 Å². The summed E-state index contributed by atoms with van der Waals surface area (Å²) in [6, 6.07) is 9.92. The van der Waals surface area contributed by atoms with Crippen molar-refractivity contribution in [2.75, 3.05) is 26.2 Å². The van der Waals surface area contributed by atoms with Gasteiger partial charge in [0.1, 0.15) is 5.82 Å². The van der Waals surface area contributed by atoms with E-state index >= 15 is 0 Å². The molecule has 32 heavy (non-hydrogen) atoms. The lowest BCUT2D eigenvalue weighted by Crippen LogP contribution is -2.50. The number of imidazole rings is 1. The lowest BCUT2D eigenvalue weighted by Gasteiger charge is -2.34. The van der Waals surface area contributed by atoms with Crippen LogP contribution in [0.2, 0.25) is 10.0 Å². The van der Waals surface area contributed by atoms with Crippen LogP contribution >= 0.6 is 23.2 Å². The largest absolute Gasteiger partial charge is 0.345 e. The Hall–Kier alpha value is -3.10. The molecule has 1 saturated heterocycles. The number of nitrogens with zero attached hydrogens (tertiary/aromatic N) is 3. The molecule has 0 bridgehead atoms. The SMILES string of the molecule is CC(=O)N1CCN(C(=O)c2ccc(C(=O)NCc3nc4ccc(Cl)cc4[nH]3)cc2Cl)CC1. The van der Waals surface area contributed by atoms with Crippen molar-refractivity contribution in [2.45, 2.75) is 13.5 Å². The maximum Gasteiger partial charge on any atom is 0.255 e. The molecule has 1 aliphatic heterocycles. The summed E-state index contributed by atoms with van der Waals surface area (Å²) < 4.78 is 0. The average molecular weight is 474 g/mol. The number of benzene rings is 2. The zero-order chi connectivity index (χ0) is 22.8. The van der Waals surface area contributed by atoms with E-state index in [0.717, 1.165) is 11.0 Å². The second-order valence-corrected chi connectivity index (χ2v) is 8.36. The molecule has 166 valence electrons. The number of hydrogen-bond donors (Lipinski definition) is 2. The highest BCUT2D eigenvalue weighted by Gasteiger charge is 2.25. The molecule has 0 aliphatic carbocycles. The molecular weight excluding hydrogens is 453 g/mol. The predicted octanol–water partition coefficient (Wildman–Crippen LogP) is 3.10. The van der Waals surface area contributed by atoms with Crippen LogP contribution in [0, 0.1) is 0 Å². The highest BCUT2D eigenvalue weighted by molar-refractivity contribution is 6.34. The minimum atomic E-state index is -0.334. The van der Waals surface area contributed by atoms with Gasteiger partial charge in [0, 0.05) is 43.7 Å². The Bertz CT molecular complexity index is 1200. The van der Waals surface area contributed by atoms with Gasteiger partial charge in [0.05, 0.1) is 28.2 Å². The van der Waals surface area contributed by atoms with Gasteiger partial charge in [0.2, 0.25) is 5.91 Å². The first-order valence-corrected chi connectivity index (χ1v) is 10.8. The molecular formula is C22H21Cl2N5O3. The van der Waals surface area contributed by atoms with E-state index in [0.29, 0.717) is 48.2 Å². The van der Waals surface area contributed by atoms with E-state index in [4.69, 9.17) is 23.2 Å². The van der Waals surface area contributed by atoms with Gasteiger partial charge in [-0.15, -0.1) is 0 Å². The Balaban J connectivity index is 1.39. The normalized spacial score (nSPS) is 14.0. The van der Waals surface area contributed by atoms with Gasteiger partial charge in [0.25, 0.3) is 11.8 Å². The van der Waals surface area contributed by atoms with E-state index in [9.17, 15) is 14.4 Å². The van der Waals surface area contributed by atoms with Crippen molar-refractivity contribution in [3.8, 4) is 0 Å². The van der Waals surface area contributed by atoms with E-state index in [2.05, 4.69) is 15.3 Å². The predicted molar refractivity (Wildman–Crippen MR) is 122 cm³/mol. The van der Waals surface area contributed by atoms with Gasteiger partial charge in [-0.05, 0) is 36.4 Å². The standard InChI is InChI=1S/C22H21Cl2N5O3/c1-13(30)28-6-8-29(9-7-28)22(32)16-4-2-14(10-17(16)24)21(31)25-12-20-26-18-5-3-15(23)11-19(18)27-20/h2-5,10-11H,6-9,12H2,1H3,(H,25,31)(H,26,27). The van der Waals surface area contributed by atoms with Gasteiger partial charge >= 0.3 is 0 Å². The number of carbonyl (C=O) groups is 3. The summed E-state index contributed by atoms with van der Waals surface area (Å²) in [7, 11) is 0. The van der Waals surface area contributed by atoms with E-state index < -0.39 is 0 Å². The third kappa shape index (κ3) is 4.71. The minimum absolute atomic E-state index is 0.00283. The number of aromatic nitrogens is 2. The quantitative estimate of drug-likeness (QED) is 0.607. The number of carbonyl (C=O) groups excluding carboxylic acids is 3. The van der Waals surface area contributed by atoms with Crippen molar-refractivity contribution in [1.82, 2.24) is 25.1 Å². The fourth-order valence-electron chi connectivity index (χ4n) is 3.61. The third-order valence-corrected chi connectivity index (χ3v) is 5.93. The smallest absolute Gasteiger partial charge is 0.255 e. The molecule has 8 nitrogen and oxygen atoms in total. The van der Waals surface area contributed by atoms with Crippen LogP contribution in [0.1, 0.15) is 33.5 Å².